The van der Waals surface area contributed by atoms with Gasteiger partial charge in [-0.15, -0.1) is 11.3 Å². The highest BCUT2D eigenvalue weighted by Crippen LogP contribution is 2.33. The van der Waals surface area contributed by atoms with Crippen molar-refractivity contribution in [1.82, 2.24) is 0 Å². The summed E-state index contributed by atoms with van der Waals surface area (Å²) in [6.45, 7) is 12.6. The average Bonchev–Trinajstić information content (AvgIpc) is 3.23. The molecule has 0 unspecified atom stereocenters. The van der Waals surface area contributed by atoms with Gasteiger partial charge in [0, 0.05) is 34.4 Å². The van der Waals surface area contributed by atoms with Crippen LogP contribution in [0.2, 0.25) is 12.6 Å². The number of benzene rings is 1. The largest absolute Gasteiger partial charge is 0.493 e. The molecule has 0 amide bonds. The molecule has 3 rings (SSSR count). The molecule has 0 spiro atoms. The van der Waals surface area contributed by atoms with E-state index >= 15 is 0 Å². The lowest BCUT2D eigenvalue weighted by atomic mass is 10.1. The minimum absolute atomic E-state index is 0.290. The molecule has 2 aromatic heterocycles. The summed E-state index contributed by atoms with van der Waals surface area (Å²) >= 11 is 1.65. The minimum Gasteiger partial charge on any atom is -0.493 e. The van der Waals surface area contributed by atoms with E-state index < -0.39 is 8.56 Å². The SMILES string of the molecule is CCO[Si](C)(CCCCCCCCOc1ccc2cc(-c3sc(C)cc3CC)c(=O)oc2c1)OCC. The topological polar surface area (TPSA) is 57.9 Å². The molecule has 0 aliphatic rings. The molecule has 0 aliphatic carbocycles. The number of ether oxygens (including phenoxy) is 1. The second kappa shape index (κ2) is 14.1. The summed E-state index contributed by atoms with van der Waals surface area (Å²) in [4.78, 5) is 15.0. The fourth-order valence-electron chi connectivity index (χ4n) is 4.64. The van der Waals surface area contributed by atoms with Crippen LogP contribution < -0.4 is 10.4 Å². The summed E-state index contributed by atoms with van der Waals surface area (Å²) in [6, 6.07) is 10.9. The third-order valence-electron chi connectivity index (χ3n) is 6.46. The third-order valence-corrected chi connectivity index (χ3v) is 10.6. The Hall–Kier alpha value is -1.93. The van der Waals surface area contributed by atoms with Crippen LogP contribution in [0.25, 0.3) is 21.4 Å². The molecule has 0 saturated heterocycles. The molecule has 0 radical (unpaired) electrons. The Bertz CT molecular complexity index is 1150. The Morgan fingerprint density at radius 3 is 2.31 bits per heavy atom. The summed E-state index contributed by atoms with van der Waals surface area (Å²) in [7, 11) is -1.96. The van der Waals surface area contributed by atoms with E-state index in [4.69, 9.17) is 18.0 Å². The number of rotatable bonds is 16. The van der Waals surface area contributed by atoms with Crippen molar-refractivity contribution in [3.8, 4) is 16.2 Å². The minimum atomic E-state index is -1.96. The predicted octanol–water partition coefficient (Wildman–Crippen LogP) is 8.26. The molecule has 36 heavy (non-hydrogen) atoms. The third kappa shape index (κ3) is 8.03. The molecular formula is C29H42O5SSi. The number of fused-ring (bicyclic) bond motifs is 1. The first-order valence-electron chi connectivity index (χ1n) is 13.5. The predicted molar refractivity (Wildman–Crippen MR) is 153 cm³/mol. The maximum absolute atomic E-state index is 12.7. The molecule has 3 aromatic rings. The van der Waals surface area contributed by atoms with E-state index in [1.807, 2.05) is 38.1 Å². The normalized spacial score (nSPS) is 11.9. The number of hydrogen-bond donors (Lipinski definition) is 0. The van der Waals surface area contributed by atoms with Gasteiger partial charge in [-0.05, 0) is 76.0 Å². The van der Waals surface area contributed by atoms with Crippen LogP contribution in [0, 0.1) is 6.92 Å². The van der Waals surface area contributed by atoms with E-state index in [-0.39, 0.29) is 5.63 Å². The summed E-state index contributed by atoms with van der Waals surface area (Å²) < 4.78 is 23.5. The first kappa shape index (κ1) is 28.6. The highest BCUT2D eigenvalue weighted by molar-refractivity contribution is 7.15. The molecule has 0 fully saturated rings. The summed E-state index contributed by atoms with van der Waals surface area (Å²) in [6.07, 6.45) is 7.90. The Morgan fingerprint density at radius 1 is 0.917 bits per heavy atom. The van der Waals surface area contributed by atoms with Crippen molar-refractivity contribution in [2.24, 2.45) is 0 Å². The van der Waals surface area contributed by atoms with Crippen LogP contribution in [0.5, 0.6) is 5.75 Å². The van der Waals surface area contributed by atoms with E-state index in [1.165, 1.54) is 36.1 Å². The van der Waals surface area contributed by atoms with Crippen LogP contribution >= 0.6 is 11.3 Å². The van der Waals surface area contributed by atoms with E-state index in [0.717, 1.165) is 54.5 Å². The monoisotopic (exact) mass is 530 g/mol. The molecule has 0 atom stereocenters. The van der Waals surface area contributed by atoms with Crippen LogP contribution in [0.1, 0.15) is 69.7 Å². The van der Waals surface area contributed by atoms with Gasteiger partial charge in [-0.3, -0.25) is 0 Å². The van der Waals surface area contributed by atoms with Gasteiger partial charge in [0.15, 0.2) is 0 Å². The Balaban J connectivity index is 1.42. The van der Waals surface area contributed by atoms with Gasteiger partial charge in [-0.25, -0.2) is 4.79 Å². The number of unbranched alkanes of at least 4 members (excludes halogenated alkanes) is 5. The lowest BCUT2D eigenvalue weighted by Gasteiger charge is -2.25. The van der Waals surface area contributed by atoms with E-state index in [2.05, 4.69) is 26.5 Å². The van der Waals surface area contributed by atoms with Crippen LogP contribution in [0.4, 0.5) is 0 Å². The Morgan fingerprint density at radius 2 is 1.61 bits per heavy atom. The number of aryl methyl sites for hydroxylation is 2. The van der Waals surface area contributed by atoms with Crippen molar-refractivity contribution in [3.05, 3.63) is 51.2 Å². The second-order valence-corrected chi connectivity index (χ2v) is 14.0. The molecule has 7 heteroatoms. The lowest BCUT2D eigenvalue weighted by Crippen LogP contribution is -2.38. The van der Waals surface area contributed by atoms with Gasteiger partial charge in [-0.1, -0.05) is 39.0 Å². The maximum atomic E-state index is 12.7. The molecule has 0 N–H and O–H groups in total. The van der Waals surface area contributed by atoms with E-state index in [1.54, 1.807) is 11.3 Å². The summed E-state index contributed by atoms with van der Waals surface area (Å²) in [5.41, 5.74) is 2.12. The van der Waals surface area contributed by atoms with Crippen LogP contribution in [-0.4, -0.2) is 28.4 Å². The van der Waals surface area contributed by atoms with E-state index in [9.17, 15) is 4.79 Å². The first-order chi connectivity index (χ1) is 17.4. The second-order valence-electron chi connectivity index (χ2n) is 9.43. The smallest absolute Gasteiger partial charge is 0.345 e. The molecule has 0 aliphatic heterocycles. The summed E-state index contributed by atoms with van der Waals surface area (Å²) in [5, 5.41) is 0.915. The van der Waals surface area contributed by atoms with Crippen molar-refractivity contribution >= 4 is 30.9 Å². The fourth-order valence-corrected chi connectivity index (χ4v) is 8.23. The Kier molecular flexibility index (Phi) is 11.2. The maximum Gasteiger partial charge on any atom is 0.345 e. The van der Waals surface area contributed by atoms with Crippen LogP contribution in [0.3, 0.4) is 0 Å². The van der Waals surface area contributed by atoms with Gasteiger partial charge < -0.3 is 18.0 Å². The Labute approximate surface area is 221 Å². The highest BCUT2D eigenvalue weighted by Gasteiger charge is 2.29. The van der Waals surface area contributed by atoms with Gasteiger partial charge in [0.25, 0.3) is 0 Å². The zero-order valence-corrected chi connectivity index (χ0v) is 24.4. The van der Waals surface area contributed by atoms with Gasteiger partial charge in [0.05, 0.1) is 12.2 Å². The van der Waals surface area contributed by atoms with E-state index in [0.29, 0.717) is 17.8 Å². The average molecular weight is 531 g/mol. The first-order valence-corrected chi connectivity index (χ1v) is 16.8. The van der Waals surface area contributed by atoms with Gasteiger partial charge >= 0.3 is 14.2 Å². The molecule has 198 valence electrons. The quantitative estimate of drug-likeness (QED) is 0.106. The standard InChI is InChI=1S/C29H42O5SSi/c1-6-23-19-22(4)35-28(23)26-20-24-15-16-25(21-27(24)34-29(26)30)31-17-13-11-9-10-12-14-18-36(5,32-7-2)33-8-3/h15-16,19-21H,6-14,17-18H2,1-5H3. The lowest BCUT2D eigenvalue weighted by molar-refractivity contribution is 0.188. The van der Waals surface area contributed by atoms with Crippen LogP contribution in [-0.2, 0) is 15.3 Å². The van der Waals surface area contributed by atoms with Crippen molar-refractivity contribution in [3.63, 3.8) is 0 Å². The zero-order chi connectivity index (χ0) is 26.0. The van der Waals surface area contributed by atoms with Crippen molar-refractivity contribution in [2.75, 3.05) is 19.8 Å². The zero-order valence-electron chi connectivity index (χ0n) is 22.6. The molecule has 2 heterocycles. The van der Waals surface area contributed by atoms with Crippen molar-refractivity contribution < 1.29 is 18.0 Å². The van der Waals surface area contributed by atoms with Gasteiger partial charge in [0.2, 0.25) is 0 Å². The molecule has 0 saturated carbocycles. The molecular weight excluding hydrogens is 488 g/mol. The van der Waals surface area contributed by atoms with Gasteiger partial charge in [0.1, 0.15) is 11.3 Å². The number of thiophene rings is 1. The summed E-state index contributed by atoms with van der Waals surface area (Å²) in [5.74, 6) is 0.746. The van der Waals surface area contributed by atoms with Crippen molar-refractivity contribution in [1.29, 1.82) is 0 Å². The fraction of sp³-hybridized carbons (Fsp3) is 0.552. The number of hydrogen-bond acceptors (Lipinski definition) is 6. The highest BCUT2D eigenvalue weighted by atomic mass is 32.1. The van der Waals surface area contributed by atoms with Crippen molar-refractivity contribution in [2.45, 2.75) is 85.2 Å². The molecule has 1 aromatic carbocycles. The van der Waals surface area contributed by atoms with Crippen LogP contribution in [0.15, 0.2) is 39.5 Å². The molecule has 5 nitrogen and oxygen atoms in total. The molecule has 0 bridgehead atoms. The van der Waals surface area contributed by atoms with Gasteiger partial charge in [-0.2, -0.15) is 0 Å².